The number of hydrogen-bond donors (Lipinski definition) is 5. The van der Waals surface area contributed by atoms with Gasteiger partial charge in [-0.3, -0.25) is 9.69 Å². The zero-order valence-corrected chi connectivity index (χ0v) is 27.7. The van der Waals surface area contributed by atoms with E-state index in [1.807, 2.05) is 0 Å². The van der Waals surface area contributed by atoms with Gasteiger partial charge in [-0.15, -0.1) is 0 Å². The van der Waals surface area contributed by atoms with Gasteiger partial charge in [-0.05, 0) is 19.4 Å². The van der Waals surface area contributed by atoms with Gasteiger partial charge in [-0.2, -0.15) is 0 Å². The van der Waals surface area contributed by atoms with Crippen molar-refractivity contribution in [1.29, 1.82) is 0 Å². The zero-order valence-electron chi connectivity index (χ0n) is 27.7. The molecule has 0 aromatic heterocycles. The van der Waals surface area contributed by atoms with E-state index in [1.54, 1.807) is 0 Å². The number of carbonyl (C=O) groups excluding carboxylic acids is 1. The van der Waals surface area contributed by atoms with Gasteiger partial charge in [0.1, 0.15) is 24.4 Å². The third-order valence-electron chi connectivity index (χ3n) is 8.59. The fourth-order valence-corrected chi connectivity index (χ4v) is 5.70. The normalized spacial score (nSPS) is 22.3. The van der Waals surface area contributed by atoms with Crippen molar-refractivity contribution in [3.05, 3.63) is 0 Å². The lowest BCUT2D eigenvalue weighted by Crippen LogP contribution is -2.59. The summed E-state index contributed by atoms with van der Waals surface area (Å²) < 4.78 is 11.2. The Morgan fingerprint density at radius 3 is 1.67 bits per heavy atom. The van der Waals surface area contributed by atoms with Gasteiger partial charge in [0.05, 0.1) is 19.8 Å². The summed E-state index contributed by atoms with van der Waals surface area (Å²) in [6.45, 7) is 6.42. The Kier molecular flexibility index (Phi) is 25.7. The SMILES string of the molecule is CCCCCCCCCCCCNC(=O)CN(CCCCCCCCCCCC)CCO[C@@H]1O[C@H](CO)[C@@H](O)[C@H](O)[C@H]1O. The molecule has 5 N–H and O–H groups in total. The highest BCUT2D eigenvalue weighted by Gasteiger charge is 2.44. The second-order valence-corrected chi connectivity index (χ2v) is 12.6. The van der Waals surface area contributed by atoms with Crippen LogP contribution in [0.15, 0.2) is 0 Å². The molecule has 0 aliphatic carbocycles. The van der Waals surface area contributed by atoms with E-state index in [0.29, 0.717) is 13.1 Å². The van der Waals surface area contributed by atoms with Crippen LogP contribution in [0.4, 0.5) is 0 Å². The molecule has 1 fully saturated rings. The Labute approximate surface area is 263 Å². The van der Waals surface area contributed by atoms with Crippen molar-refractivity contribution in [2.45, 2.75) is 173 Å². The molecule has 0 aromatic carbocycles. The molecule has 5 atom stereocenters. The van der Waals surface area contributed by atoms with E-state index in [0.717, 1.165) is 32.2 Å². The lowest BCUT2D eigenvalue weighted by atomic mass is 9.99. The first-order valence-electron chi connectivity index (χ1n) is 17.9. The van der Waals surface area contributed by atoms with Crippen LogP contribution in [-0.2, 0) is 14.3 Å². The molecule has 0 radical (unpaired) electrons. The maximum absolute atomic E-state index is 12.7. The number of aliphatic hydroxyl groups is 4. The minimum atomic E-state index is -1.46. The summed E-state index contributed by atoms with van der Waals surface area (Å²) >= 11 is 0. The second-order valence-electron chi connectivity index (χ2n) is 12.6. The first-order chi connectivity index (χ1) is 20.9. The predicted octanol–water partition coefficient (Wildman–Crippen LogP) is 5.06. The molecule has 0 spiro atoms. The highest BCUT2D eigenvalue weighted by Crippen LogP contribution is 2.22. The van der Waals surface area contributed by atoms with Crippen LogP contribution in [0.5, 0.6) is 0 Å². The summed E-state index contributed by atoms with van der Waals surface area (Å²) in [6, 6.07) is 0. The highest BCUT2D eigenvalue weighted by molar-refractivity contribution is 5.77. The van der Waals surface area contributed by atoms with E-state index in [1.165, 1.54) is 103 Å². The Morgan fingerprint density at radius 1 is 0.674 bits per heavy atom. The van der Waals surface area contributed by atoms with Crippen LogP contribution in [-0.4, -0.2) is 101 Å². The van der Waals surface area contributed by atoms with Crippen LogP contribution >= 0.6 is 0 Å². The summed E-state index contributed by atoms with van der Waals surface area (Å²) in [5, 5.41) is 42.7. The molecule has 9 nitrogen and oxygen atoms in total. The number of nitrogens with zero attached hydrogens (tertiary/aromatic N) is 1. The van der Waals surface area contributed by atoms with Crippen LogP contribution in [0.25, 0.3) is 0 Å². The van der Waals surface area contributed by atoms with Crippen molar-refractivity contribution in [1.82, 2.24) is 10.2 Å². The third-order valence-corrected chi connectivity index (χ3v) is 8.59. The fraction of sp³-hybridized carbons (Fsp3) is 0.971. The monoisotopic (exact) mass is 617 g/mol. The van der Waals surface area contributed by atoms with Crippen LogP contribution in [0.1, 0.15) is 142 Å². The molecular weight excluding hydrogens is 548 g/mol. The minimum Gasteiger partial charge on any atom is -0.394 e. The van der Waals surface area contributed by atoms with Gasteiger partial charge >= 0.3 is 0 Å². The number of rotatable bonds is 29. The number of carbonyl (C=O) groups is 1. The van der Waals surface area contributed by atoms with Crippen molar-refractivity contribution < 1.29 is 34.7 Å². The average Bonchev–Trinajstić information content (AvgIpc) is 3.00. The Morgan fingerprint density at radius 2 is 1.16 bits per heavy atom. The van der Waals surface area contributed by atoms with Gasteiger partial charge in [-0.25, -0.2) is 0 Å². The number of nitrogens with one attached hydrogen (secondary N) is 1. The third kappa shape index (κ3) is 20.0. The summed E-state index contributed by atoms with van der Waals surface area (Å²) in [7, 11) is 0. The lowest BCUT2D eigenvalue weighted by Gasteiger charge is -2.39. The van der Waals surface area contributed by atoms with E-state index in [-0.39, 0.29) is 19.1 Å². The van der Waals surface area contributed by atoms with Gasteiger partial charge in [-0.1, -0.05) is 129 Å². The molecule has 0 unspecified atom stereocenters. The van der Waals surface area contributed by atoms with Crippen molar-refractivity contribution >= 4 is 5.91 Å². The fourth-order valence-electron chi connectivity index (χ4n) is 5.70. The first kappa shape index (κ1) is 40.2. The Bertz CT molecular complexity index is 640. The van der Waals surface area contributed by atoms with Gasteiger partial charge < -0.3 is 35.2 Å². The van der Waals surface area contributed by atoms with Crippen LogP contribution in [0, 0.1) is 0 Å². The second kappa shape index (κ2) is 27.5. The molecule has 1 aliphatic rings. The number of aliphatic hydroxyl groups excluding tert-OH is 4. The summed E-state index contributed by atoms with van der Waals surface area (Å²) in [6.07, 6.45) is 18.7. The van der Waals surface area contributed by atoms with Crippen molar-refractivity contribution in [2.75, 3.05) is 39.4 Å². The minimum absolute atomic E-state index is 0.0100. The molecule has 9 heteroatoms. The van der Waals surface area contributed by atoms with Crippen molar-refractivity contribution in [3.63, 3.8) is 0 Å². The Hall–Kier alpha value is -0.810. The van der Waals surface area contributed by atoms with E-state index in [9.17, 15) is 25.2 Å². The van der Waals surface area contributed by atoms with E-state index in [4.69, 9.17) is 9.47 Å². The molecule has 256 valence electrons. The predicted molar refractivity (Wildman–Crippen MR) is 173 cm³/mol. The van der Waals surface area contributed by atoms with E-state index >= 15 is 0 Å². The maximum atomic E-state index is 12.7. The number of hydrogen-bond acceptors (Lipinski definition) is 8. The van der Waals surface area contributed by atoms with Crippen LogP contribution < -0.4 is 5.32 Å². The largest absolute Gasteiger partial charge is 0.394 e. The molecule has 1 rings (SSSR count). The summed E-state index contributed by atoms with van der Waals surface area (Å²) in [5.74, 6) is 0.0100. The maximum Gasteiger partial charge on any atom is 0.234 e. The number of unbranched alkanes of at least 4 members (excludes halogenated alkanes) is 18. The smallest absolute Gasteiger partial charge is 0.234 e. The number of ether oxygens (including phenoxy) is 2. The van der Waals surface area contributed by atoms with Gasteiger partial charge in [0.25, 0.3) is 0 Å². The van der Waals surface area contributed by atoms with Gasteiger partial charge in [0.15, 0.2) is 6.29 Å². The topological polar surface area (TPSA) is 132 Å². The average molecular weight is 617 g/mol. The molecule has 1 saturated heterocycles. The molecule has 43 heavy (non-hydrogen) atoms. The molecule has 1 amide bonds. The van der Waals surface area contributed by atoms with E-state index < -0.39 is 37.3 Å². The molecule has 0 saturated carbocycles. The van der Waals surface area contributed by atoms with Crippen molar-refractivity contribution in [2.24, 2.45) is 0 Å². The summed E-state index contributed by atoms with van der Waals surface area (Å²) in [5.41, 5.74) is 0. The molecule has 1 aliphatic heterocycles. The zero-order chi connectivity index (χ0) is 31.5. The van der Waals surface area contributed by atoms with E-state index in [2.05, 4.69) is 24.1 Å². The molecular formula is C34H68N2O7. The van der Waals surface area contributed by atoms with Gasteiger partial charge in [0.2, 0.25) is 5.91 Å². The first-order valence-corrected chi connectivity index (χ1v) is 17.9. The molecule has 0 aromatic rings. The standard InChI is InChI=1S/C34H68N2O7/c1-3-5-7-9-11-13-15-17-19-21-23-35-30(38)27-36(24-22-20-18-16-14-12-10-8-6-4-2)25-26-42-34-33(41)32(40)31(39)29(28-37)43-34/h29,31-34,37,39-41H,3-28H2,1-2H3,(H,35,38)/t29-,31-,32+,33-,34-/m1/s1. The molecule has 1 heterocycles. The van der Waals surface area contributed by atoms with Crippen LogP contribution in [0.3, 0.4) is 0 Å². The van der Waals surface area contributed by atoms with Crippen LogP contribution in [0.2, 0.25) is 0 Å². The summed E-state index contributed by atoms with van der Waals surface area (Å²) in [4.78, 5) is 14.8. The number of amides is 1. The quantitative estimate of drug-likeness (QED) is 0.0737. The Balaban J connectivity index is 2.35. The molecule has 0 bridgehead atoms. The van der Waals surface area contributed by atoms with Crippen molar-refractivity contribution in [3.8, 4) is 0 Å². The highest BCUT2D eigenvalue weighted by atomic mass is 16.7. The van der Waals surface area contributed by atoms with Gasteiger partial charge in [0, 0.05) is 13.1 Å². The lowest BCUT2D eigenvalue weighted by molar-refractivity contribution is -0.301.